The molecule has 2 nitrogen and oxygen atoms in total. The normalized spacial score (nSPS) is 9.21. The summed E-state index contributed by atoms with van der Waals surface area (Å²) in [4.78, 5) is 0. The molecule has 0 bridgehead atoms. The molecule has 0 aliphatic rings. The molecule has 4 heteroatoms. The number of hydrogen-bond acceptors (Lipinski definition) is 2. The van der Waals surface area contributed by atoms with Crippen molar-refractivity contribution in [2.75, 3.05) is 0 Å². The molecule has 0 saturated carbocycles. The number of rotatable bonds is 1. The van der Waals surface area contributed by atoms with Crippen LogP contribution in [0.1, 0.15) is 23.6 Å². The van der Waals surface area contributed by atoms with E-state index in [1.165, 1.54) is 6.07 Å². The molecular formula is C10H6F2N2. The molecule has 1 rings (SSSR count). The zero-order valence-electron chi connectivity index (χ0n) is 7.43. The quantitative estimate of drug-likeness (QED) is 0.685. The monoisotopic (exact) mass is 192 g/mol. The van der Waals surface area contributed by atoms with E-state index in [-0.39, 0.29) is 5.56 Å². The lowest BCUT2D eigenvalue weighted by atomic mass is 10.00. The standard InChI is InChI=1S/C10H6F2N2/c1-2-6-3-9(11)10(12)8(5-14)7(6)4-13/h3H,2H2,1H3. The summed E-state index contributed by atoms with van der Waals surface area (Å²) in [5.41, 5.74) is -0.235. The van der Waals surface area contributed by atoms with Gasteiger partial charge in [-0.3, -0.25) is 0 Å². The molecule has 0 heterocycles. The molecule has 0 aliphatic heterocycles. The summed E-state index contributed by atoms with van der Waals surface area (Å²) in [7, 11) is 0. The Balaban J connectivity index is 3.63. The van der Waals surface area contributed by atoms with Gasteiger partial charge in [0.05, 0.1) is 5.56 Å². The van der Waals surface area contributed by atoms with Crippen molar-refractivity contribution in [2.24, 2.45) is 0 Å². The van der Waals surface area contributed by atoms with Crippen molar-refractivity contribution < 1.29 is 8.78 Å². The molecule has 0 N–H and O–H groups in total. The van der Waals surface area contributed by atoms with Crippen molar-refractivity contribution >= 4 is 0 Å². The molecule has 0 aliphatic carbocycles. The third-order valence-corrected chi connectivity index (χ3v) is 1.91. The summed E-state index contributed by atoms with van der Waals surface area (Å²) in [6, 6.07) is 4.15. The van der Waals surface area contributed by atoms with Crippen LogP contribution in [0.15, 0.2) is 6.07 Å². The minimum absolute atomic E-state index is 0.0751. The Morgan fingerprint density at radius 2 is 1.79 bits per heavy atom. The number of nitriles is 2. The first-order valence-electron chi connectivity index (χ1n) is 3.96. The summed E-state index contributed by atoms with van der Waals surface area (Å²) in [5, 5.41) is 17.3. The molecule has 1 aromatic carbocycles. The third kappa shape index (κ3) is 1.43. The topological polar surface area (TPSA) is 47.6 Å². The van der Waals surface area contributed by atoms with Gasteiger partial charge in [-0.2, -0.15) is 10.5 Å². The second-order valence-electron chi connectivity index (χ2n) is 2.66. The number of halogens is 2. The van der Waals surface area contributed by atoms with E-state index in [0.29, 0.717) is 12.0 Å². The van der Waals surface area contributed by atoms with Gasteiger partial charge in [0.1, 0.15) is 17.7 Å². The maximum absolute atomic E-state index is 13.0. The van der Waals surface area contributed by atoms with Crippen molar-refractivity contribution in [3.05, 3.63) is 34.4 Å². The zero-order chi connectivity index (χ0) is 10.7. The first kappa shape index (κ1) is 10.1. The maximum atomic E-state index is 13.0. The maximum Gasteiger partial charge on any atom is 0.177 e. The van der Waals surface area contributed by atoms with Crippen LogP contribution in [0.2, 0.25) is 0 Å². The molecule has 0 amide bonds. The van der Waals surface area contributed by atoms with Crippen molar-refractivity contribution in [3.8, 4) is 12.1 Å². The van der Waals surface area contributed by atoms with Crippen LogP contribution in [0.3, 0.4) is 0 Å². The van der Waals surface area contributed by atoms with Crippen LogP contribution in [-0.2, 0) is 6.42 Å². The molecule has 1 aromatic rings. The van der Waals surface area contributed by atoms with Crippen LogP contribution in [0.5, 0.6) is 0 Å². The Labute approximate surface area is 80.0 Å². The Morgan fingerprint density at radius 1 is 1.21 bits per heavy atom. The molecule has 0 aromatic heterocycles. The van der Waals surface area contributed by atoms with E-state index >= 15 is 0 Å². The Kier molecular flexibility index (Phi) is 2.79. The highest BCUT2D eigenvalue weighted by Gasteiger charge is 2.16. The van der Waals surface area contributed by atoms with Crippen LogP contribution in [0.4, 0.5) is 8.78 Å². The minimum atomic E-state index is -1.25. The summed E-state index contributed by atoms with van der Waals surface area (Å²) in [6.07, 6.45) is 0.384. The predicted molar refractivity (Wildman–Crippen MR) is 45.2 cm³/mol. The average Bonchev–Trinajstić information content (AvgIpc) is 2.20. The van der Waals surface area contributed by atoms with E-state index < -0.39 is 17.2 Å². The van der Waals surface area contributed by atoms with Gasteiger partial charge in [-0.15, -0.1) is 0 Å². The molecule has 0 unspecified atom stereocenters. The summed E-state index contributed by atoms with van der Waals surface area (Å²) >= 11 is 0. The van der Waals surface area contributed by atoms with Gasteiger partial charge in [0.15, 0.2) is 11.6 Å². The fourth-order valence-electron chi connectivity index (χ4n) is 1.19. The SMILES string of the molecule is CCc1cc(F)c(F)c(C#N)c1C#N. The van der Waals surface area contributed by atoms with Crippen molar-refractivity contribution in [1.82, 2.24) is 0 Å². The average molecular weight is 192 g/mol. The first-order chi connectivity index (χ1) is 6.65. The molecule has 0 atom stereocenters. The molecule has 70 valence electrons. The van der Waals surface area contributed by atoms with Gasteiger partial charge in [-0.1, -0.05) is 6.92 Å². The smallest absolute Gasteiger partial charge is 0.177 e. The van der Waals surface area contributed by atoms with Crippen LogP contribution in [-0.4, -0.2) is 0 Å². The van der Waals surface area contributed by atoms with Gasteiger partial charge in [0.25, 0.3) is 0 Å². The van der Waals surface area contributed by atoms with Crippen molar-refractivity contribution in [1.29, 1.82) is 10.5 Å². The second kappa shape index (κ2) is 3.85. The first-order valence-corrected chi connectivity index (χ1v) is 3.96. The lowest BCUT2D eigenvalue weighted by Gasteiger charge is -2.04. The summed E-state index contributed by atoms with van der Waals surface area (Å²) in [5.74, 6) is -2.33. The highest BCUT2D eigenvalue weighted by atomic mass is 19.2. The number of aryl methyl sites for hydroxylation is 1. The number of nitrogens with zero attached hydrogens (tertiary/aromatic N) is 2. The van der Waals surface area contributed by atoms with E-state index in [9.17, 15) is 8.78 Å². The van der Waals surface area contributed by atoms with Gasteiger partial charge in [-0.25, -0.2) is 8.78 Å². The summed E-state index contributed by atoms with van der Waals surface area (Å²) in [6.45, 7) is 1.70. The van der Waals surface area contributed by atoms with Gasteiger partial charge in [0, 0.05) is 0 Å². The van der Waals surface area contributed by atoms with Gasteiger partial charge < -0.3 is 0 Å². The van der Waals surface area contributed by atoms with Crippen molar-refractivity contribution in [3.63, 3.8) is 0 Å². The molecule has 14 heavy (non-hydrogen) atoms. The van der Waals surface area contributed by atoms with Crippen molar-refractivity contribution in [2.45, 2.75) is 13.3 Å². The van der Waals surface area contributed by atoms with Crippen LogP contribution < -0.4 is 0 Å². The Bertz CT molecular complexity index is 453. The second-order valence-corrected chi connectivity index (χ2v) is 2.66. The highest BCUT2D eigenvalue weighted by Crippen LogP contribution is 2.20. The Hall–Kier alpha value is -1.94. The van der Waals surface area contributed by atoms with E-state index in [2.05, 4.69) is 0 Å². The van der Waals surface area contributed by atoms with E-state index in [1.54, 1.807) is 13.0 Å². The molecule has 0 saturated heterocycles. The fraction of sp³-hybridized carbons (Fsp3) is 0.200. The van der Waals surface area contributed by atoms with E-state index in [4.69, 9.17) is 10.5 Å². The molecule has 0 fully saturated rings. The summed E-state index contributed by atoms with van der Waals surface area (Å²) < 4.78 is 25.9. The lowest BCUT2D eigenvalue weighted by molar-refractivity contribution is 0.504. The molecular weight excluding hydrogens is 186 g/mol. The van der Waals surface area contributed by atoms with Crippen LogP contribution in [0.25, 0.3) is 0 Å². The number of benzene rings is 1. The lowest BCUT2D eigenvalue weighted by Crippen LogP contribution is -1.99. The zero-order valence-corrected chi connectivity index (χ0v) is 7.43. The van der Waals surface area contributed by atoms with Crippen LogP contribution in [0, 0.1) is 34.3 Å². The minimum Gasteiger partial charge on any atom is -0.204 e. The van der Waals surface area contributed by atoms with Gasteiger partial charge in [-0.05, 0) is 18.1 Å². The Morgan fingerprint density at radius 3 is 2.21 bits per heavy atom. The molecule has 0 radical (unpaired) electrons. The fourth-order valence-corrected chi connectivity index (χ4v) is 1.19. The van der Waals surface area contributed by atoms with Gasteiger partial charge >= 0.3 is 0 Å². The van der Waals surface area contributed by atoms with E-state index in [0.717, 1.165) is 6.07 Å². The largest absolute Gasteiger partial charge is 0.204 e. The third-order valence-electron chi connectivity index (χ3n) is 1.91. The van der Waals surface area contributed by atoms with Gasteiger partial charge in [0.2, 0.25) is 0 Å². The number of hydrogen-bond donors (Lipinski definition) is 0. The van der Waals surface area contributed by atoms with E-state index in [1.807, 2.05) is 0 Å². The highest BCUT2D eigenvalue weighted by molar-refractivity contribution is 5.51. The molecule has 0 spiro atoms. The van der Waals surface area contributed by atoms with Crippen LogP contribution >= 0.6 is 0 Å². The predicted octanol–water partition coefficient (Wildman–Crippen LogP) is 2.27.